The van der Waals surface area contributed by atoms with E-state index < -0.39 is 6.17 Å². The Hall–Kier alpha value is -2.70. The Kier molecular flexibility index (Phi) is 6.16. The molecule has 0 fully saturated rings. The van der Waals surface area contributed by atoms with Gasteiger partial charge in [0, 0.05) is 10.2 Å². The molecule has 3 aromatic rings. The molecule has 0 aliphatic carbocycles. The second kappa shape index (κ2) is 8.98. The van der Waals surface area contributed by atoms with Crippen molar-refractivity contribution < 1.29 is 13.9 Å². The summed E-state index contributed by atoms with van der Waals surface area (Å²) in [5, 5.41) is 3.50. The number of hydrogen-bond acceptors (Lipinski definition) is 4. The molecule has 4 nitrogen and oxygen atoms in total. The number of rotatable bonds is 5. The number of hydrogen-bond donors (Lipinski definition) is 1. The molecule has 6 heteroatoms. The Labute approximate surface area is 183 Å². The SMILES string of the molecule is CCOC(=O)CN1[C@H](c2ccccc2)c2cc(Br)ccc2N[C@H]1c1cccc(F)c1. The molecule has 1 aliphatic rings. The van der Waals surface area contributed by atoms with Crippen molar-refractivity contribution in [3.8, 4) is 0 Å². The number of ether oxygens (including phenoxy) is 1. The lowest BCUT2D eigenvalue weighted by molar-refractivity contribution is -0.145. The fraction of sp³-hybridized carbons (Fsp3) is 0.208. The van der Waals surface area contributed by atoms with Gasteiger partial charge in [-0.05, 0) is 53.9 Å². The summed E-state index contributed by atoms with van der Waals surface area (Å²) in [5.74, 6) is -0.636. The van der Waals surface area contributed by atoms with E-state index in [1.165, 1.54) is 12.1 Å². The molecular formula is C24H22BrFN2O2. The number of anilines is 1. The molecule has 1 N–H and O–H groups in total. The van der Waals surface area contributed by atoms with Crippen molar-refractivity contribution in [2.45, 2.75) is 19.1 Å². The Morgan fingerprint density at radius 1 is 1.07 bits per heavy atom. The summed E-state index contributed by atoms with van der Waals surface area (Å²) in [6.07, 6.45) is -0.399. The van der Waals surface area contributed by atoms with E-state index in [0.29, 0.717) is 6.61 Å². The number of fused-ring (bicyclic) bond motifs is 1. The van der Waals surface area contributed by atoms with Gasteiger partial charge in [0.25, 0.3) is 0 Å². The minimum absolute atomic E-state index is 0.0630. The van der Waals surface area contributed by atoms with E-state index in [-0.39, 0.29) is 24.4 Å². The van der Waals surface area contributed by atoms with E-state index in [2.05, 4.69) is 27.3 Å². The van der Waals surface area contributed by atoms with Crippen molar-refractivity contribution in [3.05, 3.63) is 99.8 Å². The Morgan fingerprint density at radius 3 is 2.57 bits per heavy atom. The zero-order valence-corrected chi connectivity index (χ0v) is 18.1. The number of halogens is 2. The first-order valence-electron chi connectivity index (χ1n) is 9.84. The molecule has 1 aliphatic heterocycles. The normalized spacial score (nSPS) is 18.4. The lowest BCUT2D eigenvalue weighted by Crippen LogP contribution is -2.44. The van der Waals surface area contributed by atoms with Crippen molar-refractivity contribution in [2.24, 2.45) is 0 Å². The largest absolute Gasteiger partial charge is 0.465 e. The standard InChI is InChI=1S/C24H22BrFN2O2/c1-2-30-22(29)15-28-23(16-7-4-3-5-8-16)20-14-18(25)11-12-21(20)27-24(28)17-9-6-10-19(26)13-17/h3-14,23-24,27H,2,15H2,1H3/t23-,24-/m1/s1. The Bertz CT molecular complexity index is 1040. The van der Waals surface area contributed by atoms with E-state index in [0.717, 1.165) is 26.9 Å². The van der Waals surface area contributed by atoms with Gasteiger partial charge in [-0.25, -0.2) is 4.39 Å². The molecule has 154 valence electrons. The Morgan fingerprint density at radius 2 is 1.83 bits per heavy atom. The molecule has 0 saturated carbocycles. The van der Waals surface area contributed by atoms with Crippen LogP contribution in [-0.4, -0.2) is 24.0 Å². The number of carbonyl (C=O) groups excluding carboxylic acids is 1. The summed E-state index contributed by atoms with van der Waals surface area (Å²) in [5.41, 5.74) is 3.77. The van der Waals surface area contributed by atoms with Crippen LogP contribution >= 0.6 is 15.9 Å². The molecule has 0 amide bonds. The number of benzene rings is 3. The molecule has 1 heterocycles. The highest BCUT2D eigenvalue weighted by molar-refractivity contribution is 9.10. The summed E-state index contributed by atoms with van der Waals surface area (Å²) in [7, 11) is 0. The molecular weight excluding hydrogens is 447 g/mol. The van der Waals surface area contributed by atoms with Crippen LogP contribution in [0.15, 0.2) is 77.3 Å². The first-order valence-corrected chi connectivity index (χ1v) is 10.6. The van der Waals surface area contributed by atoms with Crippen molar-refractivity contribution in [1.29, 1.82) is 0 Å². The van der Waals surface area contributed by atoms with E-state index in [1.54, 1.807) is 13.0 Å². The van der Waals surface area contributed by atoms with Gasteiger partial charge in [-0.3, -0.25) is 9.69 Å². The predicted octanol–water partition coefficient (Wildman–Crippen LogP) is 5.67. The topological polar surface area (TPSA) is 41.6 Å². The van der Waals surface area contributed by atoms with Gasteiger partial charge >= 0.3 is 5.97 Å². The average molecular weight is 469 g/mol. The lowest BCUT2D eigenvalue weighted by atomic mass is 9.91. The highest BCUT2D eigenvalue weighted by atomic mass is 79.9. The van der Waals surface area contributed by atoms with Crippen LogP contribution < -0.4 is 5.32 Å². The Balaban J connectivity index is 1.87. The van der Waals surface area contributed by atoms with Crippen molar-refractivity contribution in [2.75, 3.05) is 18.5 Å². The van der Waals surface area contributed by atoms with Crippen LogP contribution in [0.3, 0.4) is 0 Å². The zero-order chi connectivity index (χ0) is 21.1. The molecule has 0 spiro atoms. The molecule has 0 radical (unpaired) electrons. The van der Waals surface area contributed by atoms with Crippen LogP contribution in [0, 0.1) is 5.82 Å². The van der Waals surface area contributed by atoms with E-state index in [4.69, 9.17) is 4.74 Å². The molecule has 0 saturated heterocycles. The van der Waals surface area contributed by atoms with Gasteiger partial charge in [0.2, 0.25) is 0 Å². The van der Waals surface area contributed by atoms with E-state index >= 15 is 0 Å². The molecule has 0 unspecified atom stereocenters. The minimum Gasteiger partial charge on any atom is -0.465 e. The van der Waals surface area contributed by atoms with E-state index in [9.17, 15) is 9.18 Å². The number of carbonyl (C=O) groups is 1. The van der Waals surface area contributed by atoms with Crippen molar-refractivity contribution >= 4 is 27.6 Å². The molecule has 30 heavy (non-hydrogen) atoms. The summed E-state index contributed by atoms with van der Waals surface area (Å²) in [6.45, 7) is 2.16. The van der Waals surface area contributed by atoms with Gasteiger partial charge in [-0.2, -0.15) is 0 Å². The second-order valence-electron chi connectivity index (χ2n) is 7.12. The van der Waals surface area contributed by atoms with Crippen LogP contribution in [0.4, 0.5) is 10.1 Å². The van der Waals surface area contributed by atoms with Crippen molar-refractivity contribution in [1.82, 2.24) is 4.90 Å². The maximum Gasteiger partial charge on any atom is 0.320 e. The van der Waals surface area contributed by atoms with Gasteiger partial charge in [0.1, 0.15) is 12.0 Å². The fourth-order valence-corrected chi connectivity index (χ4v) is 4.32. The van der Waals surface area contributed by atoms with Crippen LogP contribution in [0.5, 0.6) is 0 Å². The van der Waals surface area contributed by atoms with E-state index in [1.807, 2.05) is 53.4 Å². The highest BCUT2D eigenvalue weighted by Crippen LogP contribution is 2.44. The quantitative estimate of drug-likeness (QED) is 0.490. The van der Waals surface area contributed by atoms with Gasteiger partial charge in [0.15, 0.2) is 0 Å². The smallest absolute Gasteiger partial charge is 0.320 e. The summed E-state index contributed by atoms with van der Waals surface area (Å²) in [4.78, 5) is 14.6. The number of nitrogens with zero attached hydrogens (tertiary/aromatic N) is 1. The zero-order valence-electron chi connectivity index (χ0n) is 16.5. The van der Waals surface area contributed by atoms with Gasteiger partial charge < -0.3 is 10.1 Å². The third-order valence-corrected chi connectivity index (χ3v) is 5.65. The third kappa shape index (κ3) is 4.25. The monoisotopic (exact) mass is 468 g/mol. The number of nitrogens with one attached hydrogen (secondary N) is 1. The van der Waals surface area contributed by atoms with Gasteiger partial charge in [-0.15, -0.1) is 0 Å². The average Bonchev–Trinajstić information content (AvgIpc) is 2.74. The first kappa shape index (κ1) is 20.6. The molecule has 2 atom stereocenters. The first-order chi connectivity index (χ1) is 14.6. The second-order valence-corrected chi connectivity index (χ2v) is 8.04. The summed E-state index contributed by atoms with van der Waals surface area (Å²) >= 11 is 3.57. The third-order valence-electron chi connectivity index (χ3n) is 5.16. The summed E-state index contributed by atoms with van der Waals surface area (Å²) in [6, 6.07) is 22.3. The molecule has 0 aromatic heterocycles. The van der Waals surface area contributed by atoms with Gasteiger partial charge in [0.05, 0.1) is 19.2 Å². The van der Waals surface area contributed by atoms with Crippen LogP contribution in [0.2, 0.25) is 0 Å². The summed E-state index contributed by atoms with van der Waals surface area (Å²) < 4.78 is 20.3. The van der Waals surface area contributed by atoms with Crippen molar-refractivity contribution in [3.63, 3.8) is 0 Å². The van der Waals surface area contributed by atoms with Crippen LogP contribution in [-0.2, 0) is 9.53 Å². The van der Waals surface area contributed by atoms with Crippen LogP contribution in [0.25, 0.3) is 0 Å². The predicted molar refractivity (Wildman–Crippen MR) is 119 cm³/mol. The highest BCUT2D eigenvalue weighted by Gasteiger charge is 2.37. The minimum atomic E-state index is -0.399. The maximum absolute atomic E-state index is 14.1. The lowest BCUT2D eigenvalue weighted by Gasteiger charge is -2.44. The fourth-order valence-electron chi connectivity index (χ4n) is 3.95. The molecule has 4 rings (SSSR count). The maximum atomic E-state index is 14.1. The van der Waals surface area contributed by atoms with Gasteiger partial charge in [-0.1, -0.05) is 58.4 Å². The number of esters is 1. The molecule has 3 aromatic carbocycles. The molecule has 0 bridgehead atoms. The van der Waals surface area contributed by atoms with Crippen LogP contribution in [0.1, 0.15) is 35.8 Å².